The summed E-state index contributed by atoms with van der Waals surface area (Å²) in [6.07, 6.45) is 3.68. The molecule has 4 nitrogen and oxygen atoms in total. The highest BCUT2D eigenvalue weighted by Gasteiger charge is 2.18. The number of hydrogen-bond donors (Lipinski definition) is 0. The Bertz CT molecular complexity index is 592. The average molecular weight is 337 g/mol. The van der Waals surface area contributed by atoms with Crippen LogP contribution in [-0.2, 0) is 4.79 Å². The van der Waals surface area contributed by atoms with Gasteiger partial charge in [0.2, 0.25) is 5.70 Å². The Labute approximate surface area is 143 Å². The number of hydroxylamine groups is 1. The number of benzene rings is 1. The van der Waals surface area contributed by atoms with Gasteiger partial charge in [-0.25, -0.2) is 0 Å². The van der Waals surface area contributed by atoms with Crippen LogP contribution in [0.3, 0.4) is 0 Å². The third kappa shape index (κ3) is 6.14. The van der Waals surface area contributed by atoms with E-state index in [2.05, 4.69) is 12.0 Å². The number of allylic oxidation sites excluding steroid dienone is 2. The molecule has 0 aliphatic carbocycles. The molecule has 0 spiro atoms. The van der Waals surface area contributed by atoms with E-state index in [9.17, 15) is 10.0 Å². The van der Waals surface area contributed by atoms with Crippen LogP contribution in [0.5, 0.6) is 0 Å². The molecule has 1 aromatic carbocycles. The third-order valence-electron chi connectivity index (χ3n) is 3.82. The van der Waals surface area contributed by atoms with E-state index in [1.165, 1.54) is 6.92 Å². The van der Waals surface area contributed by atoms with Crippen LogP contribution in [0.4, 0.5) is 0 Å². The van der Waals surface area contributed by atoms with Crippen molar-refractivity contribution in [3.63, 3.8) is 0 Å². The lowest BCUT2D eigenvalue weighted by atomic mass is 10.0. The average Bonchev–Trinajstić information content (AvgIpc) is 2.51. The fourth-order valence-electron chi connectivity index (χ4n) is 2.14. The molecule has 126 valence electrons. The second-order valence-corrected chi connectivity index (χ2v) is 6.15. The summed E-state index contributed by atoms with van der Waals surface area (Å²) in [4.78, 5) is 12.0. The zero-order valence-electron chi connectivity index (χ0n) is 14.3. The van der Waals surface area contributed by atoms with Gasteiger partial charge >= 0.3 is 0 Å². The van der Waals surface area contributed by atoms with E-state index in [4.69, 9.17) is 11.6 Å². The van der Waals surface area contributed by atoms with Gasteiger partial charge in [0, 0.05) is 17.0 Å². The molecule has 0 fully saturated rings. The zero-order chi connectivity index (χ0) is 17.4. The largest absolute Gasteiger partial charge is 0.594 e. The van der Waals surface area contributed by atoms with Gasteiger partial charge in [0.1, 0.15) is 0 Å². The summed E-state index contributed by atoms with van der Waals surface area (Å²) in [5.41, 5.74) is 2.41. The molecule has 0 radical (unpaired) electrons. The van der Waals surface area contributed by atoms with Crippen LogP contribution in [0.2, 0.25) is 5.02 Å². The molecule has 0 amide bonds. The van der Waals surface area contributed by atoms with Crippen molar-refractivity contribution in [2.24, 2.45) is 5.11 Å². The van der Waals surface area contributed by atoms with Gasteiger partial charge in [-0.2, -0.15) is 0 Å². The summed E-state index contributed by atoms with van der Waals surface area (Å²) in [7, 11) is 0. The first-order valence-electron chi connectivity index (χ1n) is 8.01. The predicted octanol–water partition coefficient (Wildman–Crippen LogP) is 5.59. The van der Waals surface area contributed by atoms with Crippen LogP contribution < -0.4 is 0 Å². The quantitative estimate of drug-likeness (QED) is 0.269. The van der Waals surface area contributed by atoms with Crippen molar-refractivity contribution < 1.29 is 9.66 Å². The Hall–Kier alpha value is -1.68. The van der Waals surface area contributed by atoms with E-state index in [1.807, 2.05) is 19.1 Å². The fraction of sp³-hybridized carbons (Fsp3) is 0.500. The highest BCUT2D eigenvalue weighted by Crippen LogP contribution is 2.25. The summed E-state index contributed by atoms with van der Waals surface area (Å²) in [5.74, 6) is -0.122. The first-order valence-corrected chi connectivity index (χ1v) is 8.38. The molecule has 0 bridgehead atoms. The number of Topliss-reactive ketones (excluding diaryl/α,β-unsaturated/α-hetero) is 1. The van der Waals surface area contributed by atoms with Gasteiger partial charge in [0.15, 0.2) is 11.8 Å². The Kier molecular flexibility index (Phi) is 7.96. The van der Waals surface area contributed by atoms with Crippen molar-refractivity contribution >= 4 is 23.0 Å². The maximum absolute atomic E-state index is 12.4. The van der Waals surface area contributed by atoms with Gasteiger partial charge in [0.25, 0.3) is 0 Å². The van der Waals surface area contributed by atoms with Crippen LogP contribution in [-0.4, -0.2) is 16.7 Å². The van der Waals surface area contributed by atoms with E-state index in [-0.39, 0.29) is 5.78 Å². The Balaban J connectivity index is 3.19. The first kappa shape index (κ1) is 19.4. The lowest BCUT2D eigenvalue weighted by Crippen LogP contribution is -2.15. The predicted molar refractivity (Wildman–Crippen MR) is 94.4 cm³/mol. The van der Waals surface area contributed by atoms with Crippen molar-refractivity contribution in [1.82, 2.24) is 0 Å². The van der Waals surface area contributed by atoms with Crippen molar-refractivity contribution in [2.75, 3.05) is 0 Å². The Morgan fingerprint density at radius 2 is 1.87 bits per heavy atom. The van der Waals surface area contributed by atoms with Crippen LogP contribution in [0, 0.1) is 5.21 Å². The van der Waals surface area contributed by atoms with Crippen LogP contribution in [0.15, 0.2) is 35.1 Å². The number of carbonyl (C=O) groups is 1. The smallest absolute Gasteiger partial charge is 0.224 e. The molecule has 0 aromatic heterocycles. The van der Waals surface area contributed by atoms with Crippen molar-refractivity contribution in [3.05, 3.63) is 45.8 Å². The third-order valence-corrected chi connectivity index (χ3v) is 4.08. The highest BCUT2D eigenvalue weighted by molar-refractivity contribution is 6.30. The summed E-state index contributed by atoms with van der Waals surface area (Å²) in [5, 5.41) is 17.1. The molecule has 1 rings (SSSR count). The van der Waals surface area contributed by atoms with Gasteiger partial charge in [-0.15, -0.1) is 0 Å². The van der Waals surface area contributed by atoms with E-state index in [0.29, 0.717) is 22.0 Å². The van der Waals surface area contributed by atoms with E-state index >= 15 is 0 Å². The number of unbranched alkanes of at least 4 members (excludes halogenated alkanes) is 2. The molecule has 1 aromatic rings. The van der Waals surface area contributed by atoms with Crippen molar-refractivity contribution in [3.8, 4) is 0 Å². The molecule has 0 N–H and O–H groups in total. The number of hydrogen-bond acceptors (Lipinski definition) is 3. The number of halogens is 1. The fourth-order valence-corrected chi connectivity index (χ4v) is 2.27. The number of nitrogens with zero attached hydrogens (tertiary/aromatic N) is 2. The lowest BCUT2D eigenvalue weighted by Gasteiger charge is -2.11. The monoisotopic (exact) mass is 336 g/mol. The van der Waals surface area contributed by atoms with Crippen molar-refractivity contribution in [1.29, 1.82) is 0 Å². The lowest BCUT2D eigenvalue weighted by molar-refractivity contribution is -0.483. The molecule has 0 saturated carbocycles. The molecular weight excluding hydrogens is 312 g/mol. The van der Waals surface area contributed by atoms with Crippen LogP contribution in [0.1, 0.15) is 58.9 Å². The maximum Gasteiger partial charge on any atom is 0.224 e. The van der Waals surface area contributed by atoms with E-state index in [1.54, 1.807) is 19.1 Å². The summed E-state index contributed by atoms with van der Waals surface area (Å²) >= 11 is 5.92. The standard InChI is InChI=1S/C18H25ClN2O2/c1-5-6-7-8-18(21(23)20-14(3)15(4)22)13(2)16-9-11-17(19)12-10-16/h9-12,14H,5-8H2,1-4H3. The first-order chi connectivity index (χ1) is 10.9. The SMILES string of the molecule is CCCCCC(=C(C)c1ccc(Cl)cc1)[N+]([O-])=NC(C)C(C)=O. The van der Waals surface area contributed by atoms with Crippen molar-refractivity contribution in [2.45, 2.75) is 59.4 Å². The minimum atomic E-state index is -0.633. The van der Waals surface area contributed by atoms with Crippen LogP contribution in [0.25, 0.3) is 5.57 Å². The van der Waals surface area contributed by atoms with Gasteiger partial charge in [0.05, 0.1) is 0 Å². The summed E-state index contributed by atoms with van der Waals surface area (Å²) in [6, 6.07) is 6.74. The topological polar surface area (TPSA) is 55.5 Å². The molecule has 5 heteroatoms. The molecule has 0 aliphatic rings. The maximum atomic E-state index is 12.4. The molecule has 23 heavy (non-hydrogen) atoms. The summed E-state index contributed by atoms with van der Waals surface area (Å²) in [6.45, 7) is 7.10. The van der Waals surface area contributed by atoms with Crippen LogP contribution >= 0.6 is 11.6 Å². The zero-order valence-corrected chi connectivity index (χ0v) is 15.1. The van der Waals surface area contributed by atoms with Gasteiger partial charge in [-0.1, -0.05) is 48.4 Å². The second kappa shape index (κ2) is 9.46. The molecule has 1 unspecified atom stereocenters. The number of rotatable bonds is 8. The number of azo groups is 1. The highest BCUT2D eigenvalue weighted by atomic mass is 35.5. The number of carbonyl (C=O) groups excluding carboxylic acids is 1. The second-order valence-electron chi connectivity index (χ2n) is 5.71. The van der Waals surface area contributed by atoms with E-state index in [0.717, 1.165) is 30.4 Å². The van der Waals surface area contributed by atoms with Gasteiger partial charge in [-0.05, 0) is 50.0 Å². The minimum Gasteiger partial charge on any atom is -0.594 e. The van der Waals surface area contributed by atoms with E-state index < -0.39 is 6.04 Å². The Morgan fingerprint density at radius 3 is 2.39 bits per heavy atom. The molecule has 0 saturated heterocycles. The molecule has 0 heterocycles. The molecule has 0 aliphatic heterocycles. The van der Waals surface area contributed by atoms with Gasteiger partial charge in [-0.3, -0.25) is 4.79 Å². The van der Waals surface area contributed by atoms with Gasteiger partial charge < -0.3 is 5.21 Å². The minimum absolute atomic E-state index is 0.122. The normalized spacial score (nSPS) is 14.4. The Morgan fingerprint density at radius 1 is 1.26 bits per heavy atom. The number of ketones is 1. The summed E-state index contributed by atoms with van der Waals surface area (Å²) < 4.78 is 0. The molecular formula is C18H25ClN2O2. The molecule has 1 atom stereocenters.